The molecule has 2 rings (SSSR count). The molecule has 5 nitrogen and oxygen atoms in total. The summed E-state index contributed by atoms with van der Waals surface area (Å²) in [5, 5.41) is 2.79. The van der Waals surface area contributed by atoms with Gasteiger partial charge in [-0.15, -0.1) is 0 Å². The number of ether oxygens (including phenoxy) is 2. The van der Waals surface area contributed by atoms with Gasteiger partial charge in [-0.05, 0) is 6.42 Å². The van der Waals surface area contributed by atoms with E-state index in [2.05, 4.69) is 5.32 Å². The summed E-state index contributed by atoms with van der Waals surface area (Å²) in [6, 6.07) is 3.35. The third-order valence-corrected chi connectivity index (χ3v) is 2.86. The number of anilines is 2. The predicted molar refractivity (Wildman–Crippen MR) is 65.1 cm³/mol. The van der Waals surface area contributed by atoms with Crippen molar-refractivity contribution in [2.24, 2.45) is 5.92 Å². The van der Waals surface area contributed by atoms with E-state index in [9.17, 15) is 4.79 Å². The number of amides is 1. The molecule has 0 fully saturated rings. The lowest BCUT2D eigenvalue weighted by Crippen LogP contribution is -2.20. The zero-order valence-electron chi connectivity index (χ0n) is 9.95. The molecule has 92 valence electrons. The van der Waals surface area contributed by atoms with Gasteiger partial charge in [-0.3, -0.25) is 4.79 Å². The summed E-state index contributed by atoms with van der Waals surface area (Å²) in [6.45, 7) is 4.03. The first kappa shape index (κ1) is 11.6. The topological polar surface area (TPSA) is 73.6 Å². The van der Waals surface area contributed by atoms with Crippen molar-refractivity contribution >= 4 is 17.3 Å². The van der Waals surface area contributed by atoms with Crippen molar-refractivity contribution < 1.29 is 14.3 Å². The summed E-state index contributed by atoms with van der Waals surface area (Å²) in [4.78, 5) is 11.8. The molecular weight excluding hydrogens is 220 g/mol. The van der Waals surface area contributed by atoms with Crippen LogP contribution in [-0.4, -0.2) is 12.7 Å². The quantitative estimate of drug-likeness (QED) is 0.787. The summed E-state index contributed by atoms with van der Waals surface area (Å²) in [6.07, 6.45) is 0.788. The zero-order chi connectivity index (χ0) is 12.4. The van der Waals surface area contributed by atoms with Crippen molar-refractivity contribution in [3.63, 3.8) is 0 Å². The second-order valence-electron chi connectivity index (χ2n) is 4.09. The fourth-order valence-corrected chi connectivity index (χ4v) is 1.51. The average molecular weight is 236 g/mol. The molecule has 1 atom stereocenters. The van der Waals surface area contributed by atoms with Gasteiger partial charge < -0.3 is 20.5 Å². The highest BCUT2D eigenvalue weighted by atomic mass is 16.7. The van der Waals surface area contributed by atoms with Gasteiger partial charge in [-0.25, -0.2) is 0 Å². The predicted octanol–water partition coefficient (Wildman–Crippen LogP) is 1.98. The van der Waals surface area contributed by atoms with E-state index in [0.717, 1.165) is 6.42 Å². The van der Waals surface area contributed by atoms with Gasteiger partial charge in [0.05, 0.1) is 11.4 Å². The number of carbonyl (C=O) groups is 1. The molecule has 3 N–H and O–H groups in total. The number of carbonyl (C=O) groups excluding carboxylic acids is 1. The van der Waals surface area contributed by atoms with E-state index >= 15 is 0 Å². The van der Waals surface area contributed by atoms with Crippen LogP contribution in [0, 0.1) is 5.92 Å². The molecule has 5 heteroatoms. The first-order valence-corrected chi connectivity index (χ1v) is 5.61. The van der Waals surface area contributed by atoms with Crippen LogP contribution in [0.1, 0.15) is 20.3 Å². The molecule has 1 amide bonds. The fourth-order valence-electron chi connectivity index (χ4n) is 1.51. The number of benzene rings is 1. The van der Waals surface area contributed by atoms with Crippen LogP contribution in [0.3, 0.4) is 0 Å². The molecule has 1 unspecified atom stereocenters. The third kappa shape index (κ3) is 2.27. The highest BCUT2D eigenvalue weighted by molar-refractivity contribution is 5.95. The van der Waals surface area contributed by atoms with E-state index in [1.807, 2.05) is 13.8 Å². The normalized spacial score (nSPS) is 14.5. The molecule has 0 radical (unpaired) electrons. The Kier molecular flexibility index (Phi) is 3.08. The molecular formula is C12H16N2O3. The summed E-state index contributed by atoms with van der Waals surface area (Å²) in [5.41, 5.74) is 6.88. The van der Waals surface area contributed by atoms with Gasteiger partial charge in [-0.1, -0.05) is 13.8 Å². The molecule has 1 aliphatic rings. The Morgan fingerprint density at radius 1 is 1.47 bits per heavy atom. The van der Waals surface area contributed by atoms with Gasteiger partial charge in [0, 0.05) is 18.1 Å². The first-order chi connectivity index (χ1) is 8.11. The number of nitrogens with two attached hydrogens (primary N) is 1. The highest BCUT2D eigenvalue weighted by Crippen LogP contribution is 2.38. The maximum absolute atomic E-state index is 11.8. The van der Waals surface area contributed by atoms with Crippen LogP contribution in [-0.2, 0) is 4.79 Å². The number of fused-ring (bicyclic) bond motifs is 1. The number of rotatable bonds is 3. The van der Waals surface area contributed by atoms with Crippen LogP contribution in [0.15, 0.2) is 12.1 Å². The Morgan fingerprint density at radius 3 is 2.76 bits per heavy atom. The van der Waals surface area contributed by atoms with E-state index in [1.165, 1.54) is 0 Å². The minimum Gasteiger partial charge on any atom is -0.454 e. The van der Waals surface area contributed by atoms with Gasteiger partial charge in [0.1, 0.15) is 0 Å². The standard InChI is InChI=1S/C12H16N2O3/c1-3-7(2)12(15)14-9-5-11-10(4-8(9)13)16-6-17-11/h4-5,7H,3,6,13H2,1-2H3,(H,14,15). The van der Waals surface area contributed by atoms with Gasteiger partial charge in [0.2, 0.25) is 12.7 Å². The number of nitrogen functional groups attached to an aromatic ring is 1. The summed E-state index contributed by atoms with van der Waals surface area (Å²) < 4.78 is 10.4. The van der Waals surface area contributed by atoms with Crippen LogP contribution in [0.5, 0.6) is 11.5 Å². The van der Waals surface area contributed by atoms with Crippen LogP contribution in [0.25, 0.3) is 0 Å². The molecule has 17 heavy (non-hydrogen) atoms. The first-order valence-electron chi connectivity index (χ1n) is 5.61. The molecule has 0 spiro atoms. The Labute approximate surface area is 99.9 Å². The van der Waals surface area contributed by atoms with Crippen LogP contribution in [0.4, 0.5) is 11.4 Å². The largest absolute Gasteiger partial charge is 0.454 e. The van der Waals surface area contributed by atoms with Crippen molar-refractivity contribution in [1.29, 1.82) is 0 Å². The van der Waals surface area contributed by atoms with E-state index in [1.54, 1.807) is 12.1 Å². The van der Waals surface area contributed by atoms with Crippen LogP contribution in [0.2, 0.25) is 0 Å². The van der Waals surface area contributed by atoms with Gasteiger partial charge in [0.25, 0.3) is 0 Å². The van der Waals surface area contributed by atoms with E-state index in [4.69, 9.17) is 15.2 Å². The van der Waals surface area contributed by atoms with Crippen molar-refractivity contribution in [2.75, 3.05) is 17.8 Å². The van der Waals surface area contributed by atoms with Crippen LogP contribution < -0.4 is 20.5 Å². The zero-order valence-corrected chi connectivity index (χ0v) is 9.95. The molecule has 1 aromatic carbocycles. The van der Waals surface area contributed by atoms with Gasteiger partial charge in [-0.2, -0.15) is 0 Å². The van der Waals surface area contributed by atoms with Crippen molar-refractivity contribution in [3.05, 3.63) is 12.1 Å². The Balaban J connectivity index is 2.19. The molecule has 1 aliphatic heterocycles. The summed E-state index contributed by atoms with van der Waals surface area (Å²) >= 11 is 0. The molecule has 0 aliphatic carbocycles. The number of nitrogens with one attached hydrogen (secondary N) is 1. The van der Waals surface area contributed by atoms with E-state index in [0.29, 0.717) is 22.9 Å². The molecule has 1 aromatic rings. The van der Waals surface area contributed by atoms with Crippen LogP contribution >= 0.6 is 0 Å². The van der Waals surface area contributed by atoms with Crippen molar-refractivity contribution in [3.8, 4) is 11.5 Å². The average Bonchev–Trinajstić information content (AvgIpc) is 2.75. The molecule has 0 saturated heterocycles. The van der Waals surface area contributed by atoms with E-state index in [-0.39, 0.29) is 18.6 Å². The smallest absolute Gasteiger partial charge is 0.231 e. The third-order valence-electron chi connectivity index (χ3n) is 2.86. The lowest BCUT2D eigenvalue weighted by Gasteiger charge is -2.12. The van der Waals surface area contributed by atoms with Gasteiger partial charge in [0.15, 0.2) is 11.5 Å². The Hall–Kier alpha value is -1.91. The minimum atomic E-state index is -0.0435. The lowest BCUT2D eigenvalue weighted by atomic mass is 10.1. The Bertz CT molecular complexity index is 446. The SMILES string of the molecule is CCC(C)C(=O)Nc1cc2c(cc1N)OCO2. The summed E-state index contributed by atoms with van der Waals surface area (Å²) in [5.74, 6) is 1.14. The van der Waals surface area contributed by atoms with Crippen molar-refractivity contribution in [2.45, 2.75) is 20.3 Å². The molecule has 0 aromatic heterocycles. The molecule has 0 bridgehead atoms. The van der Waals surface area contributed by atoms with E-state index < -0.39 is 0 Å². The van der Waals surface area contributed by atoms with Crippen molar-refractivity contribution in [1.82, 2.24) is 0 Å². The summed E-state index contributed by atoms with van der Waals surface area (Å²) in [7, 11) is 0. The lowest BCUT2D eigenvalue weighted by molar-refractivity contribution is -0.119. The fraction of sp³-hybridized carbons (Fsp3) is 0.417. The number of hydrogen-bond donors (Lipinski definition) is 2. The maximum Gasteiger partial charge on any atom is 0.231 e. The second kappa shape index (κ2) is 4.53. The second-order valence-corrected chi connectivity index (χ2v) is 4.09. The minimum absolute atomic E-state index is 0.0418. The molecule has 1 heterocycles. The Morgan fingerprint density at radius 2 is 2.12 bits per heavy atom. The maximum atomic E-state index is 11.8. The van der Waals surface area contributed by atoms with Gasteiger partial charge >= 0.3 is 0 Å². The number of hydrogen-bond acceptors (Lipinski definition) is 4. The monoisotopic (exact) mass is 236 g/mol. The highest BCUT2D eigenvalue weighted by Gasteiger charge is 2.18. The molecule has 0 saturated carbocycles.